The number of sulfonamides is 1. The van der Waals surface area contributed by atoms with E-state index in [0.29, 0.717) is 29.2 Å². The van der Waals surface area contributed by atoms with Crippen LogP contribution in [0.3, 0.4) is 0 Å². The minimum atomic E-state index is -3.86. The Bertz CT molecular complexity index is 1450. The molecule has 37 heavy (non-hydrogen) atoms. The Hall–Kier alpha value is -2.94. The van der Waals surface area contributed by atoms with E-state index in [4.69, 9.17) is 16.1 Å². The van der Waals surface area contributed by atoms with Crippen LogP contribution < -0.4 is 5.32 Å². The predicted molar refractivity (Wildman–Crippen MR) is 147 cm³/mol. The van der Waals surface area contributed by atoms with Crippen LogP contribution in [0.2, 0.25) is 5.02 Å². The maximum absolute atomic E-state index is 13.6. The molecule has 0 saturated carbocycles. The van der Waals surface area contributed by atoms with Gasteiger partial charge in [-0.05, 0) is 87.9 Å². The second-order valence-corrected chi connectivity index (χ2v) is 12.0. The van der Waals surface area contributed by atoms with Crippen LogP contribution >= 0.6 is 11.6 Å². The number of amides is 1. The average molecular weight is 542 g/mol. The molecule has 0 spiro atoms. The zero-order valence-electron chi connectivity index (χ0n) is 21.8. The number of nitrogens with one attached hydrogen (secondary N) is 1. The van der Waals surface area contributed by atoms with Gasteiger partial charge in [0, 0.05) is 29.7 Å². The number of aryl methyl sites for hydroxylation is 4. The Labute approximate surface area is 223 Å². The maximum Gasteiger partial charge on any atom is 0.248 e. The molecule has 1 N–H and O–H groups in total. The van der Waals surface area contributed by atoms with Gasteiger partial charge >= 0.3 is 0 Å². The Morgan fingerprint density at radius 2 is 1.73 bits per heavy atom. The molecule has 9 heteroatoms. The van der Waals surface area contributed by atoms with E-state index in [1.54, 1.807) is 25.1 Å². The van der Waals surface area contributed by atoms with E-state index in [1.807, 2.05) is 39.8 Å². The Balaban J connectivity index is 1.49. The highest BCUT2D eigenvalue weighted by Crippen LogP contribution is 2.31. The van der Waals surface area contributed by atoms with Gasteiger partial charge in [0.2, 0.25) is 15.9 Å². The maximum atomic E-state index is 13.6. The molecule has 1 saturated heterocycles. The smallest absolute Gasteiger partial charge is 0.248 e. The molecule has 2 aromatic carbocycles. The fourth-order valence-electron chi connectivity index (χ4n) is 4.88. The molecule has 3 aromatic rings. The zero-order chi connectivity index (χ0) is 26.9. The van der Waals surface area contributed by atoms with Gasteiger partial charge in [0.1, 0.15) is 5.69 Å². The summed E-state index contributed by atoms with van der Waals surface area (Å²) < 4.78 is 34.1. The number of rotatable bonds is 6. The lowest BCUT2D eigenvalue weighted by Crippen LogP contribution is -2.41. The van der Waals surface area contributed by atoms with Crippen molar-refractivity contribution in [3.63, 3.8) is 0 Å². The number of anilines is 1. The summed E-state index contributed by atoms with van der Waals surface area (Å²) in [5, 5.41) is 7.47. The van der Waals surface area contributed by atoms with E-state index < -0.39 is 10.0 Å². The van der Waals surface area contributed by atoms with E-state index in [9.17, 15) is 13.2 Å². The molecule has 1 aliphatic rings. The van der Waals surface area contributed by atoms with E-state index >= 15 is 0 Å². The first-order chi connectivity index (χ1) is 17.5. The fraction of sp³-hybridized carbons (Fsp3) is 0.357. The molecule has 1 aromatic heterocycles. The van der Waals surface area contributed by atoms with Crippen molar-refractivity contribution in [3.8, 4) is 0 Å². The molecule has 0 atom stereocenters. The van der Waals surface area contributed by atoms with Gasteiger partial charge in [-0.1, -0.05) is 46.6 Å². The third-order valence-corrected chi connectivity index (χ3v) is 9.39. The van der Waals surface area contributed by atoms with Gasteiger partial charge in [0.05, 0.1) is 0 Å². The van der Waals surface area contributed by atoms with Crippen molar-refractivity contribution < 1.29 is 17.7 Å². The quantitative estimate of drug-likeness (QED) is 0.408. The summed E-state index contributed by atoms with van der Waals surface area (Å²) in [4.78, 5) is 12.9. The number of benzene rings is 2. The molecule has 1 aliphatic heterocycles. The van der Waals surface area contributed by atoms with Crippen molar-refractivity contribution in [1.82, 2.24) is 9.46 Å². The van der Waals surface area contributed by atoms with Crippen molar-refractivity contribution >= 4 is 45.4 Å². The Morgan fingerprint density at radius 1 is 1.08 bits per heavy atom. The number of hydrogen-bond donors (Lipinski definition) is 1. The molecule has 2 heterocycles. The number of carbonyl (C=O) groups is 1. The molecular formula is C28H32ClN3O4S. The van der Waals surface area contributed by atoms with E-state index in [2.05, 4.69) is 22.6 Å². The number of piperidine rings is 1. The van der Waals surface area contributed by atoms with Crippen molar-refractivity contribution in [1.29, 1.82) is 0 Å². The van der Waals surface area contributed by atoms with Gasteiger partial charge in [-0.25, -0.2) is 8.42 Å². The number of nitrogens with zero attached hydrogens (tertiary/aromatic N) is 2. The average Bonchev–Trinajstić information content (AvgIpc) is 3.22. The molecule has 0 bridgehead atoms. The first-order valence-electron chi connectivity index (χ1n) is 12.3. The fourth-order valence-corrected chi connectivity index (χ4v) is 6.77. The number of hydrogen-bond acceptors (Lipinski definition) is 5. The first-order valence-corrected chi connectivity index (χ1v) is 14.1. The second-order valence-electron chi connectivity index (χ2n) is 9.69. The molecule has 0 unspecified atom stereocenters. The highest BCUT2D eigenvalue weighted by atomic mass is 35.5. The van der Waals surface area contributed by atoms with Crippen LogP contribution in [0.4, 0.5) is 5.69 Å². The van der Waals surface area contributed by atoms with Crippen molar-refractivity contribution in [3.05, 3.63) is 74.6 Å². The zero-order valence-corrected chi connectivity index (χ0v) is 23.3. The molecule has 0 radical (unpaired) electrons. The first kappa shape index (κ1) is 27.1. The Kier molecular flexibility index (Phi) is 7.92. The van der Waals surface area contributed by atoms with Crippen molar-refractivity contribution in [2.75, 3.05) is 18.4 Å². The summed E-state index contributed by atoms with van der Waals surface area (Å²) in [5.41, 5.74) is 6.18. The lowest BCUT2D eigenvalue weighted by molar-refractivity contribution is -0.120. The number of aromatic nitrogens is 1. The highest BCUT2D eigenvalue weighted by molar-refractivity contribution is 7.89. The van der Waals surface area contributed by atoms with E-state index in [0.717, 1.165) is 22.3 Å². The molecule has 1 amide bonds. The third-order valence-electron chi connectivity index (χ3n) is 6.92. The molecular weight excluding hydrogens is 510 g/mol. The second kappa shape index (κ2) is 10.8. The van der Waals surface area contributed by atoms with Crippen LogP contribution in [0.15, 0.2) is 39.8 Å². The summed E-state index contributed by atoms with van der Waals surface area (Å²) in [7, 11) is -3.86. The minimum Gasteiger partial charge on any atom is -0.355 e. The highest BCUT2D eigenvalue weighted by Gasteiger charge is 2.36. The van der Waals surface area contributed by atoms with Crippen LogP contribution in [0.5, 0.6) is 0 Å². The van der Waals surface area contributed by atoms with Gasteiger partial charge in [0.25, 0.3) is 0 Å². The van der Waals surface area contributed by atoms with Crippen LogP contribution in [-0.2, 0) is 14.8 Å². The van der Waals surface area contributed by atoms with Gasteiger partial charge in [0.15, 0.2) is 10.7 Å². The topological polar surface area (TPSA) is 92.5 Å². The van der Waals surface area contributed by atoms with Gasteiger partial charge in [-0.3, -0.25) is 4.79 Å². The normalized spacial score (nSPS) is 15.4. The predicted octanol–water partition coefficient (Wildman–Crippen LogP) is 6.08. The van der Waals surface area contributed by atoms with Gasteiger partial charge in [-0.15, -0.1) is 0 Å². The monoisotopic (exact) mass is 541 g/mol. The summed E-state index contributed by atoms with van der Waals surface area (Å²) in [6.45, 7) is 10.0. The molecule has 0 aliphatic carbocycles. The Morgan fingerprint density at radius 3 is 2.38 bits per heavy atom. The van der Waals surface area contributed by atoms with Crippen LogP contribution in [-0.4, -0.2) is 36.9 Å². The standard InChI is InChI=1S/C28H32ClN3O4S/c1-17-15-18(2)23(19(3)16-17)9-10-26-27(21(5)31-36-26)37(34,35)32-13-11-22(12-14-32)28(33)30-25-8-6-7-24(29)20(25)4/h6-10,15-16,22H,11-14H2,1-5H3,(H,30,33)/b10-9+. The molecule has 196 valence electrons. The summed E-state index contributed by atoms with van der Waals surface area (Å²) in [5.74, 6) is -0.218. The summed E-state index contributed by atoms with van der Waals surface area (Å²) in [6.07, 6.45) is 4.38. The number of halogens is 1. The van der Waals surface area contributed by atoms with E-state index in [1.165, 1.54) is 9.87 Å². The lowest BCUT2D eigenvalue weighted by atomic mass is 9.97. The third kappa shape index (κ3) is 5.66. The molecule has 4 rings (SSSR count). The lowest BCUT2D eigenvalue weighted by Gasteiger charge is -2.30. The van der Waals surface area contributed by atoms with Gasteiger partial charge in [-0.2, -0.15) is 4.31 Å². The SMILES string of the molecule is Cc1cc(C)c(/C=C/c2onc(C)c2S(=O)(=O)N2CCC(C(=O)Nc3cccc(Cl)c3C)CC2)c(C)c1. The van der Waals surface area contributed by atoms with Crippen molar-refractivity contribution in [2.45, 2.75) is 52.4 Å². The van der Waals surface area contributed by atoms with Crippen LogP contribution in [0.1, 0.15) is 52.1 Å². The van der Waals surface area contributed by atoms with Crippen LogP contribution in [0.25, 0.3) is 12.2 Å². The van der Waals surface area contributed by atoms with Crippen molar-refractivity contribution in [2.24, 2.45) is 5.92 Å². The summed E-state index contributed by atoms with van der Waals surface area (Å²) >= 11 is 6.16. The number of carbonyl (C=O) groups excluding carboxylic acids is 1. The van der Waals surface area contributed by atoms with Gasteiger partial charge < -0.3 is 9.84 Å². The molecule has 7 nitrogen and oxygen atoms in total. The minimum absolute atomic E-state index is 0.0728. The largest absolute Gasteiger partial charge is 0.355 e. The molecule has 1 fully saturated rings. The van der Waals surface area contributed by atoms with Crippen LogP contribution in [0, 0.1) is 40.5 Å². The van der Waals surface area contributed by atoms with E-state index in [-0.39, 0.29) is 35.6 Å². The summed E-state index contributed by atoms with van der Waals surface area (Å²) in [6, 6.07) is 9.54.